The summed E-state index contributed by atoms with van der Waals surface area (Å²) in [5.41, 5.74) is 0.587. The lowest BCUT2D eigenvalue weighted by Crippen LogP contribution is -2.66. The van der Waals surface area contributed by atoms with Crippen molar-refractivity contribution in [1.29, 1.82) is 0 Å². The second kappa shape index (κ2) is 5.13. The minimum absolute atomic E-state index is 0.137. The molecule has 2 N–H and O–H groups in total. The van der Waals surface area contributed by atoms with Crippen molar-refractivity contribution in [2.24, 2.45) is 0 Å². The molecule has 2 fully saturated rings. The van der Waals surface area contributed by atoms with Gasteiger partial charge < -0.3 is 5.32 Å². The molecule has 1 amide bonds. The van der Waals surface area contributed by atoms with Crippen LogP contribution in [0.4, 0.5) is 0 Å². The van der Waals surface area contributed by atoms with Crippen LogP contribution in [0.2, 0.25) is 0 Å². The molecule has 0 radical (unpaired) electrons. The zero-order valence-electron chi connectivity index (χ0n) is 10.8. The highest BCUT2D eigenvalue weighted by Gasteiger charge is 2.39. The third-order valence-electron chi connectivity index (χ3n) is 4.06. The summed E-state index contributed by atoms with van der Waals surface area (Å²) >= 11 is 0. The third-order valence-corrected chi connectivity index (χ3v) is 4.06. The van der Waals surface area contributed by atoms with Gasteiger partial charge in [-0.25, -0.2) is 0 Å². The number of nitrogens with one attached hydrogen (secondary N) is 2. The number of fused-ring (bicyclic) bond motifs is 1. The lowest BCUT2D eigenvalue weighted by molar-refractivity contribution is -0.125. The first-order valence-corrected chi connectivity index (χ1v) is 6.91. The van der Waals surface area contributed by atoms with E-state index in [9.17, 15) is 9.59 Å². The Morgan fingerprint density at radius 3 is 2.47 bits per heavy atom. The number of hydrogen-bond acceptors (Lipinski definition) is 3. The summed E-state index contributed by atoms with van der Waals surface area (Å²) in [7, 11) is 0. The summed E-state index contributed by atoms with van der Waals surface area (Å²) in [5, 5.41) is 6.24. The lowest BCUT2D eigenvalue weighted by atomic mass is 9.86. The average Bonchev–Trinajstić information content (AvgIpc) is 2.47. The van der Waals surface area contributed by atoms with E-state index in [1.165, 1.54) is 0 Å². The maximum atomic E-state index is 12.4. The first-order valence-electron chi connectivity index (χ1n) is 6.91. The SMILES string of the molecule is O=C1N[C@@H]2CCCC[C@@H]2N[C@@H]1C(=O)c1ccccc1. The van der Waals surface area contributed by atoms with Crippen LogP contribution >= 0.6 is 0 Å². The van der Waals surface area contributed by atoms with Crippen LogP contribution in [0.1, 0.15) is 36.0 Å². The Bertz CT molecular complexity index is 486. The highest BCUT2D eigenvalue weighted by Crippen LogP contribution is 2.22. The minimum atomic E-state index is -0.734. The van der Waals surface area contributed by atoms with Crippen molar-refractivity contribution in [3.05, 3.63) is 35.9 Å². The van der Waals surface area contributed by atoms with Crippen LogP contribution in [-0.2, 0) is 4.79 Å². The van der Waals surface area contributed by atoms with Crippen LogP contribution < -0.4 is 10.6 Å². The summed E-state index contributed by atoms with van der Waals surface area (Å²) in [6, 6.07) is 8.71. The van der Waals surface area contributed by atoms with Gasteiger partial charge in [0.15, 0.2) is 11.8 Å². The maximum Gasteiger partial charge on any atom is 0.245 e. The molecule has 4 heteroatoms. The van der Waals surface area contributed by atoms with Gasteiger partial charge in [-0.3, -0.25) is 14.9 Å². The first-order chi connectivity index (χ1) is 9.25. The van der Waals surface area contributed by atoms with Crippen molar-refractivity contribution in [3.63, 3.8) is 0 Å². The Hall–Kier alpha value is -1.68. The molecule has 4 nitrogen and oxygen atoms in total. The van der Waals surface area contributed by atoms with Crippen molar-refractivity contribution in [2.75, 3.05) is 0 Å². The van der Waals surface area contributed by atoms with Crippen molar-refractivity contribution in [2.45, 2.75) is 43.8 Å². The number of amides is 1. The zero-order valence-corrected chi connectivity index (χ0v) is 10.8. The van der Waals surface area contributed by atoms with Crippen LogP contribution in [0.5, 0.6) is 0 Å². The summed E-state index contributed by atoms with van der Waals surface area (Å²) in [4.78, 5) is 24.4. The molecule has 0 aromatic heterocycles. The van der Waals surface area contributed by atoms with Crippen molar-refractivity contribution < 1.29 is 9.59 Å². The molecule has 1 aromatic rings. The van der Waals surface area contributed by atoms with E-state index in [1.54, 1.807) is 12.1 Å². The summed E-state index contributed by atoms with van der Waals surface area (Å²) in [6.45, 7) is 0. The van der Waals surface area contributed by atoms with E-state index < -0.39 is 6.04 Å². The molecule has 2 aliphatic rings. The Morgan fingerprint density at radius 1 is 1.05 bits per heavy atom. The molecule has 100 valence electrons. The van der Waals surface area contributed by atoms with E-state index in [0.717, 1.165) is 25.7 Å². The number of hydrogen-bond donors (Lipinski definition) is 2. The van der Waals surface area contributed by atoms with Gasteiger partial charge in [0.2, 0.25) is 5.91 Å². The lowest BCUT2D eigenvalue weighted by Gasteiger charge is -2.40. The van der Waals surface area contributed by atoms with E-state index >= 15 is 0 Å². The highest BCUT2D eigenvalue weighted by atomic mass is 16.2. The molecule has 3 rings (SSSR count). The molecule has 1 saturated carbocycles. The summed E-state index contributed by atoms with van der Waals surface area (Å²) < 4.78 is 0. The van der Waals surface area contributed by atoms with E-state index in [1.807, 2.05) is 18.2 Å². The first kappa shape index (κ1) is 12.4. The van der Waals surface area contributed by atoms with Gasteiger partial charge in [-0.05, 0) is 12.8 Å². The number of Topliss-reactive ketones (excluding diaryl/α,β-unsaturated/α-hetero) is 1. The van der Waals surface area contributed by atoms with Crippen LogP contribution in [-0.4, -0.2) is 29.8 Å². The topological polar surface area (TPSA) is 58.2 Å². The quantitative estimate of drug-likeness (QED) is 0.620. The number of piperazine rings is 1. The molecule has 1 aromatic carbocycles. The monoisotopic (exact) mass is 258 g/mol. The molecule has 1 aliphatic carbocycles. The van der Waals surface area contributed by atoms with Gasteiger partial charge in [0.25, 0.3) is 0 Å². The second-order valence-electron chi connectivity index (χ2n) is 5.34. The summed E-state index contributed by atoms with van der Waals surface area (Å²) in [5.74, 6) is -0.320. The number of benzene rings is 1. The largest absolute Gasteiger partial charge is 0.350 e. The van der Waals surface area contributed by atoms with Gasteiger partial charge in [0.05, 0.1) is 0 Å². The smallest absolute Gasteiger partial charge is 0.245 e. The maximum absolute atomic E-state index is 12.4. The fourth-order valence-corrected chi connectivity index (χ4v) is 3.02. The van der Waals surface area contributed by atoms with Crippen LogP contribution in [0, 0.1) is 0 Å². The number of ketones is 1. The Labute approximate surface area is 112 Å². The molecule has 19 heavy (non-hydrogen) atoms. The second-order valence-corrected chi connectivity index (χ2v) is 5.34. The van der Waals surface area contributed by atoms with E-state index in [0.29, 0.717) is 5.56 Å². The van der Waals surface area contributed by atoms with Crippen LogP contribution in [0.25, 0.3) is 0 Å². The normalized spacial score (nSPS) is 30.3. The molecular formula is C15H18N2O2. The molecule has 1 aliphatic heterocycles. The van der Waals surface area contributed by atoms with E-state index in [4.69, 9.17) is 0 Å². The molecule has 1 heterocycles. The Kier molecular flexibility index (Phi) is 3.34. The molecule has 3 atom stereocenters. The molecule has 1 saturated heterocycles. The number of carbonyl (C=O) groups excluding carboxylic acids is 2. The highest BCUT2D eigenvalue weighted by molar-refractivity contribution is 6.13. The van der Waals surface area contributed by atoms with E-state index in [-0.39, 0.29) is 23.8 Å². The molecule has 0 bridgehead atoms. The average molecular weight is 258 g/mol. The standard InChI is InChI=1S/C15H18N2O2/c18-14(10-6-2-1-3-7-10)13-15(19)17-12-9-5-4-8-11(12)16-13/h1-3,6-7,11-13,16H,4-5,8-9H2,(H,17,19)/t11-,12+,13+/m0/s1. The third kappa shape index (κ3) is 2.40. The predicted molar refractivity (Wildman–Crippen MR) is 71.9 cm³/mol. The van der Waals surface area contributed by atoms with Crippen molar-refractivity contribution in [1.82, 2.24) is 10.6 Å². The van der Waals surface area contributed by atoms with Gasteiger partial charge in [0.1, 0.15) is 0 Å². The fraction of sp³-hybridized carbons (Fsp3) is 0.467. The number of carbonyl (C=O) groups is 2. The van der Waals surface area contributed by atoms with Crippen molar-refractivity contribution >= 4 is 11.7 Å². The van der Waals surface area contributed by atoms with Gasteiger partial charge in [-0.15, -0.1) is 0 Å². The van der Waals surface area contributed by atoms with Gasteiger partial charge >= 0.3 is 0 Å². The Balaban J connectivity index is 1.77. The van der Waals surface area contributed by atoms with Crippen molar-refractivity contribution in [3.8, 4) is 0 Å². The zero-order chi connectivity index (χ0) is 13.2. The molecule has 0 unspecified atom stereocenters. The van der Waals surface area contributed by atoms with Gasteiger partial charge in [-0.2, -0.15) is 0 Å². The van der Waals surface area contributed by atoms with E-state index in [2.05, 4.69) is 10.6 Å². The van der Waals surface area contributed by atoms with Gasteiger partial charge in [-0.1, -0.05) is 43.2 Å². The van der Waals surface area contributed by atoms with Gasteiger partial charge in [0, 0.05) is 17.6 Å². The molecule has 0 spiro atoms. The predicted octanol–water partition coefficient (Wildman–Crippen LogP) is 1.27. The minimum Gasteiger partial charge on any atom is -0.350 e. The number of rotatable bonds is 2. The fourth-order valence-electron chi connectivity index (χ4n) is 3.02. The van der Waals surface area contributed by atoms with Crippen LogP contribution in [0.3, 0.4) is 0 Å². The Morgan fingerprint density at radius 2 is 1.74 bits per heavy atom. The van der Waals surface area contributed by atoms with Crippen LogP contribution in [0.15, 0.2) is 30.3 Å². The summed E-state index contributed by atoms with van der Waals surface area (Å²) in [6.07, 6.45) is 4.36. The molecular weight excluding hydrogens is 240 g/mol.